The number of hydrogen-bond acceptors (Lipinski definition) is 4. The molecule has 0 aliphatic carbocycles. The monoisotopic (exact) mass is 506 g/mol. The highest BCUT2D eigenvalue weighted by molar-refractivity contribution is 14.0. The minimum absolute atomic E-state index is 0. The number of nitrogens with zero attached hydrogens (tertiary/aromatic N) is 4. The molecule has 3 rings (SSSR count). The summed E-state index contributed by atoms with van der Waals surface area (Å²) in [6.45, 7) is 1.43. The van der Waals surface area contributed by atoms with Crippen molar-refractivity contribution in [3.05, 3.63) is 41.5 Å². The van der Waals surface area contributed by atoms with Gasteiger partial charge in [-0.05, 0) is 25.8 Å². The van der Waals surface area contributed by atoms with Crippen LogP contribution in [0.1, 0.15) is 37.0 Å². The van der Waals surface area contributed by atoms with Crippen LogP contribution in [0.2, 0.25) is 0 Å². The maximum absolute atomic E-state index is 12.5. The molecule has 1 aliphatic rings. The lowest BCUT2D eigenvalue weighted by molar-refractivity contribution is -0.0504. The van der Waals surface area contributed by atoms with Gasteiger partial charge >= 0.3 is 6.61 Å². The van der Waals surface area contributed by atoms with E-state index < -0.39 is 6.61 Å². The van der Waals surface area contributed by atoms with Crippen molar-refractivity contribution in [1.82, 2.24) is 25.4 Å². The number of rotatable bonds is 7. The second kappa shape index (κ2) is 11.1. The van der Waals surface area contributed by atoms with Crippen molar-refractivity contribution in [1.29, 1.82) is 0 Å². The van der Waals surface area contributed by atoms with Crippen molar-refractivity contribution in [3.63, 3.8) is 0 Å². The van der Waals surface area contributed by atoms with Crippen LogP contribution in [0.3, 0.4) is 0 Å². The van der Waals surface area contributed by atoms with Crippen molar-refractivity contribution in [2.45, 2.75) is 52.4 Å². The number of nitrogens with one attached hydrogen (secondary N) is 2. The normalized spacial score (nSPS) is 13.6. The third-order valence-electron chi connectivity index (χ3n) is 4.29. The van der Waals surface area contributed by atoms with Gasteiger partial charge in [-0.25, -0.2) is 4.99 Å². The number of para-hydroxylation sites is 1. The van der Waals surface area contributed by atoms with E-state index in [2.05, 4.69) is 35.1 Å². The summed E-state index contributed by atoms with van der Waals surface area (Å²) >= 11 is 0. The fraction of sp³-hybridized carbons (Fsp3) is 0.500. The number of hydrogen-bond donors (Lipinski definition) is 2. The van der Waals surface area contributed by atoms with Crippen LogP contribution >= 0.6 is 24.0 Å². The Morgan fingerprint density at radius 1 is 1.25 bits per heavy atom. The van der Waals surface area contributed by atoms with Crippen molar-refractivity contribution < 1.29 is 13.5 Å². The third-order valence-corrected chi connectivity index (χ3v) is 4.29. The Kier molecular flexibility index (Phi) is 8.87. The van der Waals surface area contributed by atoms with E-state index >= 15 is 0 Å². The first-order valence-corrected chi connectivity index (χ1v) is 9.13. The van der Waals surface area contributed by atoms with Crippen molar-refractivity contribution in [2.24, 2.45) is 4.99 Å². The van der Waals surface area contributed by atoms with Gasteiger partial charge in [0.15, 0.2) is 11.8 Å². The fourth-order valence-electron chi connectivity index (χ4n) is 3.01. The van der Waals surface area contributed by atoms with Gasteiger partial charge in [0, 0.05) is 25.1 Å². The quantitative estimate of drug-likeness (QED) is 0.343. The van der Waals surface area contributed by atoms with Gasteiger partial charge in [-0.2, -0.15) is 8.78 Å². The standard InChI is InChI=1S/C18H24F2N6O.HI/c1-2-21-18(22-11-13-7-3-4-8-14(13)27-17(19)20)23-12-16-25-24-15-9-5-6-10-26(15)16;/h3-4,7-8,17H,2,5-6,9-12H2,1H3,(H2,21,22,23);1H. The van der Waals surface area contributed by atoms with E-state index in [0.717, 1.165) is 37.5 Å². The van der Waals surface area contributed by atoms with E-state index in [1.165, 1.54) is 6.07 Å². The smallest absolute Gasteiger partial charge is 0.387 e. The number of fused-ring (bicyclic) bond motifs is 1. The number of aryl methyl sites for hydroxylation is 1. The lowest BCUT2D eigenvalue weighted by Crippen LogP contribution is -2.37. The number of aliphatic imine (C=N–C) groups is 1. The minimum atomic E-state index is -2.86. The maximum atomic E-state index is 12.5. The summed E-state index contributed by atoms with van der Waals surface area (Å²) in [7, 11) is 0. The zero-order chi connectivity index (χ0) is 19.1. The van der Waals surface area contributed by atoms with Crippen LogP contribution in [0.5, 0.6) is 5.75 Å². The molecular formula is C18H25F2IN6O. The van der Waals surface area contributed by atoms with E-state index in [4.69, 9.17) is 0 Å². The molecule has 0 atom stereocenters. The number of aromatic nitrogens is 3. The summed E-state index contributed by atoms with van der Waals surface area (Å²) < 4.78 is 31.8. The highest BCUT2D eigenvalue weighted by Crippen LogP contribution is 2.21. The summed E-state index contributed by atoms with van der Waals surface area (Å²) in [6.07, 6.45) is 3.24. The van der Waals surface area contributed by atoms with E-state index in [-0.39, 0.29) is 36.3 Å². The Labute approximate surface area is 180 Å². The van der Waals surface area contributed by atoms with E-state index in [1.54, 1.807) is 18.2 Å². The van der Waals surface area contributed by atoms with E-state index in [9.17, 15) is 8.78 Å². The zero-order valence-electron chi connectivity index (χ0n) is 15.7. The molecule has 0 amide bonds. The average Bonchev–Trinajstić information content (AvgIpc) is 3.08. The average molecular weight is 506 g/mol. The molecular weight excluding hydrogens is 481 g/mol. The van der Waals surface area contributed by atoms with Gasteiger partial charge in [-0.3, -0.25) is 0 Å². The molecule has 154 valence electrons. The molecule has 1 aliphatic heterocycles. The Balaban J connectivity index is 0.00000280. The second-order valence-electron chi connectivity index (χ2n) is 6.18. The molecule has 0 bridgehead atoms. The summed E-state index contributed by atoms with van der Waals surface area (Å²) in [5, 5.41) is 14.9. The molecule has 2 aromatic rings. The molecule has 0 radical (unpaired) electrons. The molecule has 1 aromatic heterocycles. The van der Waals surface area contributed by atoms with Gasteiger partial charge in [-0.15, -0.1) is 34.2 Å². The molecule has 0 fully saturated rings. The molecule has 2 N–H and O–H groups in total. The molecule has 1 aromatic carbocycles. The second-order valence-corrected chi connectivity index (χ2v) is 6.18. The third kappa shape index (κ3) is 6.01. The van der Waals surface area contributed by atoms with Gasteiger partial charge in [0.1, 0.15) is 11.6 Å². The van der Waals surface area contributed by atoms with E-state index in [0.29, 0.717) is 24.6 Å². The van der Waals surface area contributed by atoms with Gasteiger partial charge < -0.3 is 19.9 Å². The Hall–Kier alpha value is -1.98. The van der Waals surface area contributed by atoms with Crippen molar-refractivity contribution >= 4 is 29.9 Å². The lowest BCUT2D eigenvalue weighted by Gasteiger charge is -2.16. The van der Waals surface area contributed by atoms with E-state index in [1.807, 2.05) is 6.92 Å². The summed E-state index contributed by atoms with van der Waals surface area (Å²) in [4.78, 5) is 4.48. The highest BCUT2D eigenvalue weighted by atomic mass is 127. The predicted molar refractivity (Wildman–Crippen MR) is 113 cm³/mol. The number of guanidine groups is 1. The topological polar surface area (TPSA) is 76.4 Å². The molecule has 28 heavy (non-hydrogen) atoms. The van der Waals surface area contributed by atoms with Crippen molar-refractivity contribution in [2.75, 3.05) is 6.54 Å². The SMILES string of the molecule is CCNC(=NCc1ccccc1OC(F)F)NCc1nnc2n1CCCC2.I. The first kappa shape index (κ1) is 22.3. The maximum Gasteiger partial charge on any atom is 0.387 e. The van der Waals surface area contributed by atoms with Crippen LogP contribution in [0.25, 0.3) is 0 Å². The van der Waals surface area contributed by atoms with Crippen LogP contribution in [0, 0.1) is 0 Å². The van der Waals surface area contributed by atoms with Gasteiger partial charge in [-0.1, -0.05) is 18.2 Å². The summed E-state index contributed by atoms with van der Waals surface area (Å²) in [6, 6.07) is 6.66. The molecule has 0 spiro atoms. The minimum Gasteiger partial charge on any atom is -0.434 e. The molecule has 0 unspecified atom stereocenters. The highest BCUT2D eigenvalue weighted by Gasteiger charge is 2.15. The number of benzene rings is 1. The first-order valence-electron chi connectivity index (χ1n) is 9.13. The molecule has 10 heteroatoms. The predicted octanol–water partition coefficient (Wildman–Crippen LogP) is 3.09. The van der Waals surface area contributed by atoms with Crippen LogP contribution in [-0.4, -0.2) is 33.9 Å². The summed E-state index contributed by atoms with van der Waals surface area (Å²) in [5.74, 6) is 2.62. The Morgan fingerprint density at radius 2 is 2.07 bits per heavy atom. The summed E-state index contributed by atoms with van der Waals surface area (Å²) in [5.41, 5.74) is 0.592. The largest absolute Gasteiger partial charge is 0.434 e. The Bertz CT molecular complexity index is 783. The Morgan fingerprint density at radius 3 is 2.86 bits per heavy atom. The van der Waals surface area contributed by atoms with Crippen LogP contribution in [0.15, 0.2) is 29.3 Å². The number of alkyl halides is 2. The van der Waals surface area contributed by atoms with Crippen molar-refractivity contribution in [3.8, 4) is 5.75 Å². The van der Waals surface area contributed by atoms with Gasteiger partial charge in [0.2, 0.25) is 0 Å². The fourth-order valence-corrected chi connectivity index (χ4v) is 3.01. The van der Waals surface area contributed by atoms with Crippen LogP contribution < -0.4 is 15.4 Å². The van der Waals surface area contributed by atoms with Gasteiger partial charge in [0.05, 0.1) is 13.1 Å². The van der Waals surface area contributed by atoms with Crippen LogP contribution in [0.4, 0.5) is 8.78 Å². The van der Waals surface area contributed by atoms with Crippen LogP contribution in [-0.2, 0) is 26.1 Å². The first-order chi connectivity index (χ1) is 13.2. The van der Waals surface area contributed by atoms with Gasteiger partial charge in [0.25, 0.3) is 0 Å². The number of halogens is 3. The lowest BCUT2D eigenvalue weighted by atomic mass is 10.2. The molecule has 0 saturated heterocycles. The number of ether oxygens (including phenoxy) is 1. The molecule has 7 nitrogen and oxygen atoms in total. The molecule has 0 saturated carbocycles. The zero-order valence-corrected chi connectivity index (χ0v) is 18.0. The molecule has 2 heterocycles.